The molecule has 3 aromatic carbocycles. The van der Waals surface area contributed by atoms with Crippen LogP contribution in [0.2, 0.25) is 0 Å². The number of piperazine rings is 1. The number of hydrogen-bond acceptors (Lipinski definition) is 4. The van der Waals surface area contributed by atoms with Crippen LogP contribution in [-0.4, -0.2) is 66.1 Å². The van der Waals surface area contributed by atoms with E-state index in [0.717, 1.165) is 72.7 Å². The van der Waals surface area contributed by atoms with Crippen molar-refractivity contribution in [1.29, 1.82) is 0 Å². The number of carbonyl (C=O) groups excluding carboxylic acids is 1. The lowest BCUT2D eigenvalue weighted by Gasteiger charge is -2.42. The predicted octanol–water partition coefficient (Wildman–Crippen LogP) is 4.52. The number of hydrogen-bond donors (Lipinski definition) is 0. The van der Waals surface area contributed by atoms with Crippen LogP contribution in [0.4, 0.5) is 0 Å². The van der Waals surface area contributed by atoms with Gasteiger partial charge in [-0.1, -0.05) is 36.4 Å². The second-order valence-electron chi connectivity index (χ2n) is 9.12. The fourth-order valence-electron chi connectivity index (χ4n) is 4.99. The Morgan fingerprint density at radius 3 is 2.45 bits per heavy atom. The standard InChI is InChI=1S/C28H27N3O2/c1-19-14-25(22-7-6-20-4-2-3-5-21(20)15-22)26-16-23(8-9-27(26)29-19)28(32)31-12-10-30(11-13-31)24-17-33-18-24/h2-9,14-16,24H,10-13,17-18H2,1H3. The molecule has 33 heavy (non-hydrogen) atoms. The lowest BCUT2D eigenvalue weighted by molar-refractivity contribution is -0.0746. The number of aryl methyl sites for hydroxylation is 1. The SMILES string of the molecule is Cc1cc(-c2ccc3ccccc3c2)c2cc(C(=O)N3CCN(C4COC4)CC3)ccc2n1. The lowest BCUT2D eigenvalue weighted by atomic mass is 9.96. The fraction of sp³-hybridized carbons (Fsp3) is 0.286. The van der Waals surface area contributed by atoms with Crippen LogP contribution in [0.5, 0.6) is 0 Å². The first-order chi connectivity index (χ1) is 16.2. The zero-order chi connectivity index (χ0) is 22.4. The average molecular weight is 438 g/mol. The van der Waals surface area contributed by atoms with Crippen LogP contribution in [0.3, 0.4) is 0 Å². The van der Waals surface area contributed by atoms with E-state index in [9.17, 15) is 4.79 Å². The monoisotopic (exact) mass is 437 g/mol. The van der Waals surface area contributed by atoms with Gasteiger partial charge in [-0.2, -0.15) is 0 Å². The van der Waals surface area contributed by atoms with Crippen molar-refractivity contribution in [2.45, 2.75) is 13.0 Å². The normalized spacial score (nSPS) is 17.4. The van der Waals surface area contributed by atoms with Crippen molar-refractivity contribution in [1.82, 2.24) is 14.8 Å². The first kappa shape index (κ1) is 20.3. The van der Waals surface area contributed by atoms with Crippen molar-refractivity contribution in [3.05, 3.63) is 78.0 Å². The summed E-state index contributed by atoms with van der Waals surface area (Å²) in [7, 11) is 0. The third kappa shape index (κ3) is 3.77. The Bertz CT molecular complexity index is 1350. The first-order valence-electron chi connectivity index (χ1n) is 11.7. The summed E-state index contributed by atoms with van der Waals surface area (Å²) in [5.41, 5.74) is 4.89. The van der Waals surface area contributed by atoms with Gasteiger partial charge in [0.2, 0.25) is 0 Å². The number of fused-ring (bicyclic) bond motifs is 2. The first-order valence-corrected chi connectivity index (χ1v) is 11.7. The third-order valence-electron chi connectivity index (χ3n) is 6.98. The number of rotatable bonds is 3. The Balaban J connectivity index is 1.34. The van der Waals surface area contributed by atoms with E-state index in [1.54, 1.807) is 0 Å². The van der Waals surface area contributed by atoms with Gasteiger partial charge >= 0.3 is 0 Å². The van der Waals surface area contributed by atoms with Crippen molar-refractivity contribution in [2.75, 3.05) is 39.4 Å². The van der Waals surface area contributed by atoms with Gasteiger partial charge in [-0.25, -0.2) is 0 Å². The molecule has 4 aromatic rings. The van der Waals surface area contributed by atoms with Gasteiger partial charge in [0, 0.05) is 42.8 Å². The highest BCUT2D eigenvalue weighted by Gasteiger charge is 2.30. The van der Waals surface area contributed by atoms with Crippen LogP contribution in [0.25, 0.3) is 32.8 Å². The van der Waals surface area contributed by atoms with E-state index in [1.165, 1.54) is 10.8 Å². The maximum absolute atomic E-state index is 13.4. The second kappa shape index (κ2) is 8.25. The van der Waals surface area contributed by atoms with Crippen molar-refractivity contribution in [2.24, 2.45) is 0 Å². The molecule has 1 amide bonds. The van der Waals surface area contributed by atoms with Gasteiger partial charge in [-0.15, -0.1) is 0 Å². The molecule has 2 saturated heterocycles. The Labute approximate surface area is 193 Å². The van der Waals surface area contributed by atoms with Crippen LogP contribution in [0.15, 0.2) is 66.7 Å². The highest BCUT2D eigenvalue weighted by atomic mass is 16.5. The van der Waals surface area contributed by atoms with E-state index in [1.807, 2.05) is 30.0 Å². The molecule has 0 aliphatic carbocycles. The zero-order valence-electron chi connectivity index (χ0n) is 18.8. The van der Waals surface area contributed by atoms with Gasteiger partial charge in [0.15, 0.2) is 0 Å². The van der Waals surface area contributed by atoms with Crippen molar-refractivity contribution < 1.29 is 9.53 Å². The smallest absolute Gasteiger partial charge is 0.253 e. The molecule has 1 aromatic heterocycles. The van der Waals surface area contributed by atoms with Crippen LogP contribution < -0.4 is 0 Å². The minimum atomic E-state index is 0.103. The zero-order valence-corrected chi connectivity index (χ0v) is 18.8. The molecule has 2 aliphatic heterocycles. The summed E-state index contributed by atoms with van der Waals surface area (Å²) in [6.07, 6.45) is 0. The summed E-state index contributed by atoms with van der Waals surface area (Å²) in [6, 6.07) is 23.5. The minimum absolute atomic E-state index is 0.103. The van der Waals surface area contributed by atoms with Crippen LogP contribution in [-0.2, 0) is 4.74 Å². The summed E-state index contributed by atoms with van der Waals surface area (Å²) < 4.78 is 5.32. The minimum Gasteiger partial charge on any atom is -0.378 e. The van der Waals surface area contributed by atoms with Gasteiger partial charge in [0.1, 0.15) is 0 Å². The molecule has 3 heterocycles. The molecule has 5 nitrogen and oxygen atoms in total. The van der Waals surface area contributed by atoms with E-state index in [2.05, 4.69) is 53.4 Å². The number of carbonyl (C=O) groups is 1. The van der Waals surface area contributed by atoms with Gasteiger partial charge in [-0.3, -0.25) is 14.7 Å². The number of aromatic nitrogens is 1. The molecule has 2 aliphatic rings. The molecular weight excluding hydrogens is 410 g/mol. The molecule has 166 valence electrons. The Morgan fingerprint density at radius 2 is 1.70 bits per heavy atom. The number of nitrogens with zero attached hydrogens (tertiary/aromatic N) is 3. The van der Waals surface area contributed by atoms with Crippen LogP contribution in [0, 0.1) is 6.92 Å². The molecule has 0 N–H and O–H groups in total. The van der Waals surface area contributed by atoms with E-state index in [4.69, 9.17) is 9.72 Å². The molecule has 0 bridgehead atoms. The molecular formula is C28H27N3O2. The van der Waals surface area contributed by atoms with Gasteiger partial charge in [0.05, 0.1) is 24.8 Å². The number of benzene rings is 3. The largest absolute Gasteiger partial charge is 0.378 e. The van der Waals surface area contributed by atoms with Gasteiger partial charge in [0.25, 0.3) is 5.91 Å². The van der Waals surface area contributed by atoms with E-state index < -0.39 is 0 Å². The third-order valence-corrected chi connectivity index (χ3v) is 6.98. The summed E-state index contributed by atoms with van der Waals surface area (Å²) in [5, 5.41) is 3.45. The molecule has 0 spiro atoms. The number of amides is 1. The summed E-state index contributed by atoms with van der Waals surface area (Å²) in [6.45, 7) is 7.02. The maximum atomic E-state index is 13.4. The second-order valence-corrected chi connectivity index (χ2v) is 9.12. The van der Waals surface area contributed by atoms with Gasteiger partial charge in [-0.05, 0) is 59.2 Å². The summed E-state index contributed by atoms with van der Waals surface area (Å²) in [4.78, 5) is 22.5. The van der Waals surface area contributed by atoms with Crippen LogP contribution >= 0.6 is 0 Å². The predicted molar refractivity (Wildman–Crippen MR) is 132 cm³/mol. The summed E-state index contributed by atoms with van der Waals surface area (Å²) in [5.74, 6) is 0.103. The lowest BCUT2D eigenvalue weighted by Crippen LogP contribution is -2.57. The highest BCUT2D eigenvalue weighted by molar-refractivity contribution is 6.03. The molecule has 0 radical (unpaired) electrons. The van der Waals surface area contributed by atoms with E-state index >= 15 is 0 Å². The summed E-state index contributed by atoms with van der Waals surface area (Å²) >= 11 is 0. The molecule has 2 fully saturated rings. The topological polar surface area (TPSA) is 45.7 Å². The molecule has 0 saturated carbocycles. The molecule has 6 rings (SSSR count). The van der Waals surface area contributed by atoms with Crippen molar-refractivity contribution in [3.8, 4) is 11.1 Å². The van der Waals surface area contributed by atoms with Crippen LogP contribution in [0.1, 0.15) is 16.1 Å². The highest BCUT2D eigenvalue weighted by Crippen LogP contribution is 2.32. The van der Waals surface area contributed by atoms with E-state index in [0.29, 0.717) is 6.04 Å². The fourth-order valence-corrected chi connectivity index (χ4v) is 4.99. The maximum Gasteiger partial charge on any atom is 0.253 e. The van der Waals surface area contributed by atoms with Crippen molar-refractivity contribution >= 4 is 27.6 Å². The molecule has 5 heteroatoms. The molecule has 0 unspecified atom stereocenters. The Kier molecular flexibility index (Phi) is 5.08. The molecule has 0 atom stereocenters. The van der Waals surface area contributed by atoms with Crippen molar-refractivity contribution in [3.63, 3.8) is 0 Å². The Hall–Kier alpha value is -3.28. The average Bonchev–Trinajstić information content (AvgIpc) is 2.82. The number of ether oxygens (including phenoxy) is 1. The Morgan fingerprint density at radius 1 is 0.909 bits per heavy atom. The van der Waals surface area contributed by atoms with E-state index in [-0.39, 0.29) is 5.91 Å². The van der Waals surface area contributed by atoms with Gasteiger partial charge < -0.3 is 9.64 Å². The number of pyridine rings is 1. The quantitative estimate of drug-likeness (QED) is 0.473.